The average Bonchev–Trinajstić information content (AvgIpc) is 3.46. The smallest absolute Gasteiger partial charge is 0.246 e. The lowest BCUT2D eigenvalue weighted by atomic mass is 10.1. The summed E-state index contributed by atoms with van der Waals surface area (Å²) in [7, 11) is -0.357. The molecule has 1 heterocycles. The molecule has 2 fully saturated rings. The van der Waals surface area contributed by atoms with Gasteiger partial charge in [0.25, 0.3) is 0 Å². The third-order valence-corrected chi connectivity index (χ3v) is 6.69. The Morgan fingerprint density at radius 3 is 2.68 bits per heavy atom. The minimum Gasteiger partial charge on any atom is -0.495 e. The zero-order valence-corrected chi connectivity index (χ0v) is 15.4. The van der Waals surface area contributed by atoms with E-state index in [1.54, 1.807) is 12.1 Å². The number of anilines is 1. The number of ether oxygens (including phenoxy) is 1. The van der Waals surface area contributed by atoms with Gasteiger partial charge >= 0.3 is 0 Å². The van der Waals surface area contributed by atoms with Gasteiger partial charge in [-0.15, -0.1) is 0 Å². The molecule has 2 aliphatic rings. The second-order valence-corrected chi connectivity index (χ2v) is 8.53. The van der Waals surface area contributed by atoms with E-state index in [1.807, 2.05) is 7.05 Å². The fraction of sp³-hybridized carbons (Fsp3) is 0.588. The second-order valence-electron chi connectivity index (χ2n) is 6.62. The average molecular weight is 367 g/mol. The molecule has 1 unspecified atom stereocenters. The fourth-order valence-corrected chi connectivity index (χ4v) is 4.74. The number of benzene rings is 1. The van der Waals surface area contributed by atoms with E-state index in [1.165, 1.54) is 17.5 Å². The molecule has 2 N–H and O–H groups in total. The predicted octanol–water partition coefficient (Wildman–Crippen LogP) is 1.42. The molecular formula is C17H25N3O4S. The molecule has 0 aromatic heterocycles. The normalized spacial score (nSPS) is 21.8. The van der Waals surface area contributed by atoms with Crippen LogP contribution in [0, 0.1) is 5.92 Å². The van der Waals surface area contributed by atoms with Gasteiger partial charge in [-0.05, 0) is 44.9 Å². The Hall–Kier alpha value is -1.64. The summed E-state index contributed by atoms with van der Waals surface area (Å²) in [6.45, 7) is 0.950. The van der Waals surface area contributed by atoms with Gasteiger partial charge < -0.3 is 15.4 Å². The highest BCUT2D eigenvalue weighted by Gasteiger charge is 2.33. The summed E-state index contributed by atoms with van der Waals surface area (Å²) >= 11 is 0. The minimum atomic E-state index is -3.64. The SMILES string of the molecule is CNC1CCCN(S(=O)(=O)c2ccc(NC(=O)C3CC3)cc2OC)C1. The fourth-order valence-electron chi connectivity index (χ4n) is 3.08. The van der Waals surface area contributed by atoms with Gasteiger partial charge in [0.1, 0.15) is 10.6 Å². The van der Waals surface area contributed by atoms with Crippen molar-refractivity contribution in [2.24, 2.45) is 5.92 Å². The number of hydrogen-bond acceptors (Lipinski definition) is 5. The van der Waals surface area contributed by atoms with E-state index < -0.39 is 10.0 Å². The Kier molecular flexibility index (Phi) is 5.31. The number of nitrogens with zero attached hydrogens (tertiary/aromatic N) is 1. The first kappa shape index (κ1) is 18.2. The minimum absolute atomic E-state index is 0.0226. The number of amides is 1. The number of rotatable bonds is 6. The summed E-state index contributed by atoms with van der Waals surface area (Å²) in [5, 5.41) is 5.96. The number of carbonyl (C=O) groups excluding carboxylic acids is 1. The van der Waals surface area contributed by atoms with Crippen LogP contribution in [0.25, 0.3) is 0 Å². The molecule has 25 heavy (non-hydrogen) atoms. The summed E-state index contributed by atoms with van der Waals surface area (Å²) in [5.41, 5.74) is 0.555. The van der Waals surface area contributed by atoms with Gasteiger partial charge in [-0.25, -0.2) is 8.42 Å². The molecule has 1 saturated heterocycles. The van der Waals surface area contributed by atoms with Crippen LogP contribution in [-0.2, 0) is 14.8 Å². The van der Waals surface area contributed by atoms with E-state index in [-0.39, 0.29) is 28.5 Å². The van der Waals surface area contributed by atoms with E-state index in [0.29, 0.717) is 18.8 Å². The number of methoxy groups -OCH3 is 1. The Labute approximate surface area is 148 Å². The van der Waals surface area contributed by atoms with E-state index in [4.69, 9.17) is 4.74 Å². The lowest BCUT2D eigenvalue weighted by molar-refractivity contribution is -0.117. The number of likely N-dealkylation sites (N-methyl/N-ethyl adjacent to an activating group) is 1. The van der Waals surface area contributed by atoms with Crippen LogP contribution in [0.15, 0.2) is 23.1 Å². The van der Waals surface area contributed by atoms with E-state index in [9.17, 15) is 13.2 Å². The summed E-state index contributed by atoms with van der Waals surface area (Å²) < 4.78 is 32.8. The molecule has 3 rings (SSSR count). The van der Waals surface area contributed by atoms with Gasteiger partial charge in [0.05, 0.1) is 7.11 Å². The zero-order chi connectivity index (χ0) is 18.0. The Balaban J connectivity index is 1.83. The molecule has 138 valence electrons. The lowest BCUT2D eigenvalue weighted by Gasteiger charge is -2.32. The number of carbonyl (C=O) groups is 1. The molecule has 1 atom stereocenters. The maximum Gasteiger partial charge on any atom is 0.246 e. The van der Waals surface area contributed by atoms with Gasteiger partial charge in [-0.1, -0.05) is 0 Å². The third kappa shape index (κ3) is 3.96. The first-order valence-corrected chi connectivity index (χ1v) is 10.1. The Morgan fingerprint density at radius 1 is 1.28 bits per heavy atom. The van der Waals surface area contributed by atoms with Crippen molar-refractivity contribution in [2.75, 3.05) is 32.6 Å². The summed E-state index contributed by atoms with van der Waals surface area (Å²) in [5.74, 6) is 0.312. The van der Waals surface area contributed by atoms with Crippen LogP contribution in [0.4, 0.5) is 5.69 Å². The van der Waals surface area contributed by atoms with Crippen molar-refractivity contribution in [3.8, 4) is 5.75 Å². The topological polar surface area (TPSA) is 87.7 Å². The van der Waals surface area contributed by atoms with Crippen molar-refractivity contribution in [1.29, 1.82) is 0 Å². The first-order chi connectivity index (χ1) is 12.0. The number of sulfonamides is 1. The van der Waals surface area contributed by atoms with Crippen molar-refractivity contribution in [2.45, 2.75) is 36.6 Å². The summed E-state index contributed by atoms with van der Waals surface area (Å²) in [4.78, 5) is 12.0. The molecule has 1 amide bonds. The third-order valence-electron chi connectivity index (χ3n) is 4.79. The molecule has 1 aliphatic carbocycles. The van der Waals surface area contributed by atoms with Crippen LogP contribution in [0.1, 0.15) is 25.7 Å². The van der Waals surface area contributed by atoms with Crippen molar-refractivity contribution in [1.82, 2.24) is 9.62 Å². The maximum absolute atomic E-state index is 13.0. The second kappa shape index (κ2) is 7.31. The molecule has 1 saturated carbocycles. The highest BCUT2D eigenvalue weighted by atomic mass is 32.2. The van der Waals surface area contributed by atoms with E-state index >= 15 is 0 Å². The number of nitrogens with one attached hydrogen (secondary N) is 2. The summed E-state index contributed by atoms with van der Waals surface area (Å²) in [6, 6.07) is 4.87. The van der Waals surface area contributed by atoms with Crippen LogP contribution in [0.3, 0.4) is 0 Å². The number of hydrogen-bond donors (Lipinski definition) is 2. The molecule has 0 spiro atoms. The highest BCUT2D eigenvalue weighted by molar-refractivity contribution is 7.89. The quantitative estimate of drug-likeness (QED) is 0.794. The molecule has 1 aromatic carbocycles. The van der Waals surface area contributed by atoms with Crippen LogP contribution in [0.5, 0.6) is 5.75 Å². The molecule has 7 nitrogen and oxygen atoms in total. The van der Waals surface area contributed by atoms with Gasteiger partial charge in [0, 0.05) is 36.8 Å². The number of piperidine rings is 1. The molecule has 0 radical (unpaired) electrons. The predicted molar refractivity (Wildman–Crippen MR) is 95.2 cm³/mol. The Morgan fingerprint density at radius 2 is 2.04 bits per heavy atom. The zero-order valence-electron chi connectivity index (χ0n) is 14.6. The maximum atomic E-state index is 13.0. The first-order valence-electron chi connectivity index (χ1n) is 8.62. The largest absolute Gasteiger partial charge is 0.495 e. The molecule has 1 aliphatic heterocycles. The van der Waals surface area contributed by atoms with Crippen molar-refractivity contribution >= 4 is 21.6 Å². The van der Waals surface area contributed by atoms with Crippen molar-refractivity contribution in [3.05, 3.63) is 18.2 Å². The van der Waals surface area contributed by atoms with Gasteiger partial charge in [-0.2, -0.15) is 4.31 Å². The monoisotopic (exact) mass is 367 g/mol. The standard InChI is InChI=1S/C17H25N3O4S/c1-18-14-4-3-9-20(11-14)25(22,23)16-8-7-13(10-15(16)24-2)19-17(21)12-5-6-12/h7-8,10,12,14,18H,3-6,9,11H2,1-2H3,(H,19,21). The van der Waals surface area contributed by atoms with Gasteiger partial charge in [0.15, 0.2) is 0 Å². The summed E-state index contributed by atoms with van der Waals surface area (Å²) in [6.07, 6.45) is 3.61. The van der Waals surface area contributed by atoms with Crippen molar-refractivity contribution < 1.29 is 17.9 Å². The molecule has 8 heteroatoms. The van der Waals surface area contributed by atoms with Crippen LogP contribution in [0.2, 0.25) is 0 Å². The van der Waals surface area contributed by atoms with E-state index in [0.717, 1.165) is 25.7 Å². The van der Waals surface area contributed by atoms with Crippen LogP contribution in [-0.4, -0.2) is 51.9 Å². The molecule has 1 aromatic rings. The van der Waals surface area contributed by atoms with Gasteiger partial charge in [-0.3, -0.25) is 4.79 Å². The van der Waals surface area contributed by atoms with Crippen molar-refractivity contribution in [3.63, 3.8) is 0 Å². The van der Waals surface area contributed by atoms with Crippen LogP contribution >= 0.6 is 0 Å². The molecular weight excluding hydrogens is 342 g/mol. The van der Waals surface area contributed by atoms with Crippen LogP contribution < -0.4 is 15.4 Å². The highest BCUT2D eigenvalue weighted by Crippen LogP contribution is 2.33. The van der Waals surface area contributed by atoms with E-state index in [2.05, 4.69) is 10.6 Å². The Bertz CT molecular complexity index is 746. The van der Waals surface area contributed by atoms with Gasteiger partial charge in [0.2, 0.25) is 15.9 Å². The lowest BCUT2D eigenvalue weighted by Crippen LogP contribution is -2.46. The molecule has 0 bridgehead atoms.